The maximum Gasteiger partial charge on any atom is 0.508 e. The summed E-state index contributed by atoms with van der Waals surface area (Å²) in [6.07, 6.45) is 2.35. The molecule has 1 aromatic carbocycles. The lowest BCUT2D eigenvalue weighted by Crippen LogP contribution is -2.04. The number of hydrogen-bond acceptors (Lipinski definition) is 6. The number of benzene rings is 1. The van der Waals surface area contributed by atoms with E-state index in [2.05, 4.69) is 4.74 Å². The molecule has 0 aliphatic rings. The molecule has 0 saturated heterocycles. The van der Waals surface area contributed by atoms with Crippen molar-refractivity contribution in [3.05, 3.63) is 28.3 Å². The van der Waals surface area contributed by atoms with Crippen molar-refractivity contribution >= 4 is 6.16 Å². The minimum Gasteiger partial charge on any atom is -0.504 e. The third-order valence-corrected chi connectivity index (χ3v) is 4.00. The van der Waals surface area contributed by atoms with Crippen LogP contribution in [0.2, 0.25) is 0 Å². The van der Waals surface area contributed by atoms with Crippen LogP contribution < -0.4 is 9.47 Å². The Labute approximate surface area is 143 Å². The molecule has 0 saturated carbocycles. The fraction of sp³-hybridized carbons (Fsp3) is 0.500. The lowest BCUT2D eigenvalue weighted by atomic mass is 9.97. The number of hydrogen-bond donors (Lipinski definition) is 1. The largest absolute Gasteiger partial charge is 0.508 e. The molecule has 0 aliphatic carbocycles. The molecule has 1 N–H and O–H groups in total. The van der Waals surface area contributed by atoms with Gasteiger partial charge in [0.05, 0.1) is 21.3 Å². The fourth-order valence-electron chi connectivity index (χ4n) is 2.48. The molecule has 24 heavy (non-hydrogen) atoms. The van der Waals surface area contributed by atoms with Gasteiger partial charge in [-0.25, -0.2) is 4.79 Å². The highest BCUT2D eigenvalue weighted by Crippen LogP contribution is 2.43. The predicted octanol–water partition coefficient (Wildman–Crippen LogP) is 3.69. The predicted molar refractivity (Wildman–Crippen MR) is 91.1 cm³/mol. The molecule has 134 valence electrons. The summed E-state index contributed by atoms with van der Waals surface area (Å²) in [7, 11) is 4.39. The highest BCUT2D eigenvalue weighted by atomic mass is 16.7. The standard InChI is InChI=1S/C18H26O6/c1-11(9-10-24-18(20)23-6)7-8-14-15(19)17(22-5)13(3)12(2)16(14)21-4/h9,19H,7-8,10H2,1-6H3/b11-9+. The Morgan fingerprint density at radius 3 is 2.21 bits per heavy atom. The van der Waals surface area contributed by atoms with Crippen LogP contribution in [-0.2, 0) is 15.9 Å². The SMILES string of the molecule is COC(=O)OC/C=C(\C)CCc1c(O)c(OC)c(C)c(C)c1OC. The second-order valence-corrected chi connectivity index (χ2v) is 5.46. The molecule has 1 aromatic rings. The van der Waals surface area contributed by atoms with Crippen molar-refractivity contribution in [2.45, 2.75) is 33.6 Å². The Balaban J connectivity index is 2.93. The second-order valence-electron chi connectivity index (χ2n) is 5.46. The highest BCUT2D eigenvalue weighted by Gasteiger charge is 2.20. The summed E-state index contributed by atoms with van der Waals surface area (Å²) < 4.78 is 20.0. The molecule has 6 nitrogen and oxygen atoms in total. The number of methoxy groups -OCH3 is 3. The average Bonchev–Trinajstić information content (AvgIpc) is 2.57. The summed E-state index contributed by atoms with van der Waals surface area (Å²) in [5.41, 5.74) is 3.53. The van der Waals surface area contributed by atoms with Gasteiger partial charge in [-0.15, -0.1) is 0 Å². The molecule has 0 spiro atoms. The number of allylic oxidation sites excluding steroid dienone is 1. The molecule has 0 aromatic heterocycles. The van der Waals surface area contributed by atoms with E-state index in [9.17, 15) is 9.90 Å². The van der Waals surface area contributed by atoms with Crippen molar-refractivity contribution < 1.29 is 28.8 Å². The Hall–Kier alpha value is -2.37. The lowest BCUT2D eigenvalue weighted by Gasteiger charge is -2.19. The molecular weight excluding hydrogens is 312 g/mol. The zero-order chi connectivity index (χ0) is 18.3. The normalized spacial score (nSPS) is 11.2. The number of phenols is 1. The topological polar surface area (TPSA) is 74.2 Å². The number of ether oxygens (including phenoxy) is 4. The van der Waals surface area contributed by atoms with E-state index in [0.717, 1.165) is 16.7 Å². The molecule has 0 bridgehead atoms. The molecule has 1 rings (SSSR count). The van der Waals surface area contributed by atoms with Crippen LogP contribution in [0.5, 0.6) is 17.2 Å². The van der Waals surface area contributed by atoms with E-state index in [1.807, 2.05) is 20.8 Å². The van der Waals surface area contributed by atoms with Crippen molar-refractivity contribution in [2.75, 3.05) is 27.9 Å². The summed E-state index contributed by atoms with van der Waals surface area (Å²) in [6, 6.07) is 0. The fourth-order valence-corrected chi connectivity index (χ4v) is 2.48. The third kappa shape index (κ3) is 4.57. The monoisotopic (exact) mass is 338 g/mol. The van der Waals surface area contributed by atoms with Crippen LogP contribution in [0.15, 0.2) is 11.6 Å². The van der Waals surface area contributed by atoms with Crippen molar-refractivity contribution in [3.8, 4) is 17.2 Å². The Kier molecular flexibility index (Phi) is 7.42. The van der Waals surface area contributed by atoms with Gasteiger partial charge in [-0.05, 0) is 45.3 Å². The van der Waals surface area contributed by atoms with E-state index in [4.69, 9.17) is 14.2 Å². The average molecular weight is 338 g/mol. The van der Waals surface area contributed by atoms with E-state index in [-0.39, 0.29) is 12.4 Å². The zero-order valence-electron chi connectivity index (χ0n) is 15.2. The minimum absolute atomic E-state index is 0.107. The maximum absolute atomic E-state index is 10.9. The van der Waals surface area contributed by atoms with Crippen molar-refractivity contribution in [3.63, 3.8) is 0 Å². The van der Waals surface area contributed by atoms with E-state index in [1.165, 1.54) is 14.2 Å². The van der Waals surface area contributed by atoms with Gasteiger partial charge in [0, 0.05) is 11.1 Å². The smallest absolute Gasteiger partial charge is 0.504 e. The van der Waals surface area contributed by atoms with Gasteiger partial charge in [0.1, 0.15) is 12.4 Å². The molecule has 0 amide bonds. The zero-order valence-corrected chi connectivity index (χ0v) is 15.2. The first-order valence-corrected chi connectivity index (χ1v) is 7.66. The summed E-state index contributed by atoms with van der Waals surface area (Å²) in [4.78, 5) is 10.9. The van der Waals surface area contributed by atoms with Gasteiger partial charge < -0.3 is 24.1 Å². The molecule has 0 radical (unpaired) electrons. The van der Waals surface area contributed by atoms with Crippen LogP contribution >= 0.6 is 0 Å². The molecule has 0 aliphatic heterocycles. The summed E-state index contributed by atoms with van der Waals surface area (Å²) >= 11 is 0. The highest BCUT2D eigenvalue weighted by molar-refractivity contribution is 5.62. The van der Waals surface area contributed by atoms with Gasteiger partial charge in [-0.3, -0.25) is 0 Å². The van der Waals surface area contributed by atoms with Gasteiger partial charge >= 0.3 is 6.16 Å². The van der Waals surface area contributed by atoms with E-state index in [0.29, 0.717) is 29.9 Å². The number of phenolic OH excluding ortho intramolecular Hbond substituents is 1. The number of carbonyl (C=O) groups excluding carboxylic acids is 1. The first kappa shape index (κ1) is 19.7. The molecular formula is C18H26O6. The third-order valence-electron chi connectivity index (χ3n) is 4.00. The Morgan fingerprint density at radius 1 is 1.08 bits per heavy atom. The molecule has 6 heteroatoms. The summed E-state index contributed by atoms with van der Waals surface area (Å²) in [5.74, 6) is 1.25. The number of rotatable bonds is 7. The number of carbonyl (C=O) groups is 1. The maximum atomic E-state index is 10.9. The van der Waals surface area contributed by atoms with Crippen molar-refractivity contribution in [2.24, 2.45) is 0 Å². The van der Waals surface area contributed by atoms with E-state index in [1.54, 1.807) is 13.2 Å². The van der Waals surface area contributed by atoms with Gasteiger partial charge in [0.25, 0.3) is 0 Å². The van der Waals surface area contributed by atoms with Crippen LogP contribution in [0.25, 0.3) is 0 Å². The molecule has 0 fully saturated rings. The van der Waals surface area contributed by atoms with E-state index >= 15 is 0 Å². The minimum atomic E-state index is -0.711. The van der Waals surface area contributed by atoms with Gasteiger partial charge in [-0.1, -0.05) is 5.57 Å². The Bertz CT molecular complexity index is 619. The number of aromatic hydroxyl groups is 1. The van der Waals surface area contributed by atoms with Crippen LogP contribution in [0, 0.1) is 13.8 Å². The van der Waals surface area contributed by atoms with Gasteiger partial charge in [0.2, 0.25) is 0 Å². The molecule has 0 heterocycles. The molecule has 0 unspecified atom stereocenters. The van der Waals surface area contributed by atoms with Gasteiger partial charge in [0.15, 0.2) is 11.5 Å². The summed E-state index contributed by atoms with van der Waals surface area (Å²) in [5, 5.41) is 10.5. The quantitative estimate of drug-likeness (QED) is 0.604. The first-order valence-electron chi connectivity index (χ1n) is 7.66. The van der Waals surface area contributed by atoms with Crippen LogP contribution in [-0.4, -0.2) is 39.2 Å². The van der Waals surface area contributed by atoms with Crippen molar-refractivity contribution in [1.82, 2.24) is 0 Å². The second kappa shape index (κ2) is 9.05. The van der Waals surface area contributed by atoms with Crippen LogP contribution in [0.4, 0.5) is 4.79 Å². The van der Waals surface area contributed by atoms with Crippen molar-refractivity contribution in [1.29, 1.82) is 0 Å². The van der Waals surface area contributed by atoms with E-state index < -0.39 is 6.16 Å². The lowest BCUT2D eigenvalue weighted by molar-refractivity contribution is 0.0816. The molecule has 0 atom stereocenters. The van der Waals surface area contributed by atoms with Gasteiger partial charge in [-0.2, -0.15) is 0 Å². The van der Waals surface area contributed by atoms with Crippen LogP contribution in [0.3, 0.4) is 0 Å². The van der Waals surface area contributed by atoms with Crippen LogP contribution in [0.1, 0.15) is 30.0 Å². The first-order chi connectivity index (χ1) is 11.4. The summed E-state index contributed by atoms with van der Waals surface area (Å²) in [6.45, 7) is 5.91. The Morgan fingerprint density at radius 2 is 1.67 bits per heavy atom.